The first-order chi connectivity index (χ1) is 8.70. The van der Waals surface area contributed by atoms with E-state index in [0.29, 0.717) is 24.0 Å². The molecule has 1 aliphatic rings. The molecule has 3 unspecified atom stereocenters. The number of hydrogen-bond donors (Lipinski definition) is 0. The topological polar surface area (TPSA) is 40.6 Å². The molecule has 1 aliphatic carbocycles. The first-order valence-corrected chi connectivity index (χ1v) is 6.54. The normalized spacial score (nSPS) is 26.7. The molecule has 0 N–H and O–H groups in total. The minimum Gasteiger partial charge on any atom is -0.486 e. The van der Waals surface area contributed by atoms with Crippen LogP contribution in [0.4, 0.5) is 0 Å². The molecule has 18 heavy (non-hydrogen) atoms. The third-order valence-electron chi connectivity index (χ3n) is 2.75. The Hall–Kier alpha value is -0.550. The molecular weight excluding hydrogens is 277 g/mol. The fourth-order valence-corrected chi connectivity index (χ4v) is 2.33. The third kappa shape index (κ3) is 3.48. The largest absolute Gasteiger partial charge is 0.486 e. The van der Waals surface area contributed by atoms with Crippen LogP contribution in [0.25, 0.3) is 0 Å². The molecule has 0 amide bonds. The van der Waals surface area contributed by atoms with Gasteiger partial charge in [-0.05, 0) is 0 Å². The predicted molar refractivity (Wildman–Crippen MR) is 69.5 cm³/mol. The van der Waals surface area contributed by atoms with Crippen molar-refractivity contribution in [2.45, 2.75) is 24.0 Å². The van der Waals surface area contributed by atoms with E-state index in [0.717, 1.165) is 6.42 Å². The van der Waals surface area contributed by atoms with E-state index in [1.165, 1.54) is 0 Å². The van der Waals surface area contributed by atoms with Crippen molar-refractivity contribution >= 4 is 23.2 Å². The minimum absolute atomic E-state index is 0.0148. The SMILES string of the molecule is COCCOC1C(Cl)CC1Oc1cncc(Cl)c1. The number of aromatic nitrogens is 1. The molecule has 100 valence electrons. The van der Waals surface area contributed by atoms with E-state index in [9.17, 15) is 0 Å². The molecule has 0 spiro atoms. The number of hydrogen-bond acceptors (Lipinski definition) is 4. The molecule has 0 radical (unpaired) electrons. The van der Waals surface area contributed by atoms with Gasteiger partial charge in [-0.15, -0.1) is 11.6 Å². The van der Waals surface area contributed by atoms with Crippen molar-refractivity contribution in [3.63, 3.8) is 0 Å². The van der Waals surface area contributed by atoms with Crippen molar-refractivity contribution in [1.82, 2.24) is 4.98 Å². The van der Waals surface area contributed by atoms with Gasteiger partial charge in [-0.25, -0.2) is 0 Å². The maximum Gasteiger partial charge on any atom is 0.139 e. The quantitative estimate of drug-likeness (QED) is 0.597. The number of alkyl halides is 1. The van der Waals surface area contributed by atoms with E-state index < -0.39 is 0 Å². The summed E-state index contributed by atoms with van der Waals surface area (Å²) in [6.07, 6.45) is 3.78. The van der Waals surface area contributed by atoms with E-state index >= 15 is 0 Å². The van der Waals surface area contributed by atoms with E-state index in [2.05, 4.69) is 4.98 Å². The maximum atomic E-state index is 6.10. The summed E-state index contributed by atoms with van der Waals surface area (Å²) in [6.45, 7) is 1.06. The van der Waals surface area contributed by atoms with Crippen LogP contribution < -0.4 is 4.74 Å². The summed E-state index contributed by atoms with van der Waals surface area (Å²) in [4.78, 5) is 3.96. The Labute approximate surface area is 116 Å². The van der Waals surface area contributed by atoms with E-state index in [-0.39, 0.29) is 17.6 Å². The minimum atomic E-state index is -0.110. The second-order valence-corrected chi connectivity index (χ2v) is 5.07. The van der Waals surface area contributed by atoms with Gasteiger partial charge in [0.1, 0.15) is 18.0 Å². The van der Waals surface area contributed by atoms with Crippen molar-refractivity contribution in [2.24, 2.45) is 0 Å². The van der Waals surface area contributed by atoms with Gasteiger partial charge in [0.2, 0.25) is 0 Å². The van der Waals surface area contributed by atoms with Crippen LogP contribution in [0, 0.1) is 0 Å². The maximum absolute atomic E-state index is 6.10. The number of nitrogens with zero attached hydrogens (tertiary/aromatic N) is 1. The van der Waals surface area contributed by atoms with Gasteiger partial charge in [0.05, 0.1) is 29.8 Å². The first kappa shape index (κ1) is 13.9. The monoisotopic (exact) mass is 291 g/mol. The molecule has 0 bridgehead atoms. The highest BCUT2D eigenvalue weighted by atomic mass is 35.5. The summed E-state index contributed by atoms with van der Waals surface area (Å²) in [5.74, 6) is 0.636. The fourth-order valence-electron chi connectivity index (χ4n) is 1.75. The summed E-state index contributed by atoms with van der Waals surface area (Å²) >= 11 is 11.9. The van der Waals surface area contributed by atoms with Gasteiger partial charge >= 0.3 is 0 Å². The van der Waals surface area contributed by atoms with Gasteiger partial charge in [0.25, 0.3) is 0 Å². The molecule has 1 heterocycles. The standard InChI is InChI=1S/C12H15Cl2NO3/c1-16-2-3-17-12-10(14)5-11(12)18-9-4-8(13)6-15-7-9/h4,6-7,10-12H,2-3,5H2,1H3. The van der Waals surface area contributed by atoms with Crippen molar-refractivity contribution in [3.05, 3.63) is 23.5 Å². The van der Waals surface area contributed by atoms with Crippen molar-refractivity contribution < 1.29 is 14.2 Å². The average molecular weight is 292 g/mol. The Kier molecular flexibility index (Phi) is 5.06. The van der Waals surface area contributed by atoms with Gasteiger partial charge < -0.3 is 14.2 Å². The van der Waals surface area contributed by atoms with Crippen molar-refractivity contribution in [1.29, 1.82) is 0 Å². The third-order valence-corrected chi connectivity index (χ3v) is 3.38. The highest BCUT2D eigenvalue weighted by Crippen LogP contribution is 2.33. The molecule has 1 fully saturated rings. The molecule has 3 atom stereocenters. The van der Waals surface area contributed by atoms with E-state index in [1.54, 1.807) is 25.6 Å². The smallest absolute Gasteiger partial charge is 0.139 e. The molecule has 1 aromatic heterocycles. The van der Waals surface area contributed by atoms with Gasteiger partial charge in [0.15, 0.2) is 0 Å². The molecule has 2 rings (SSSR count). The van der Waals surface area contributed by atoms with Crippen LogP contribution in [0.15, 0.2) is 18.5 Å². The van der Waals surface area contributed by atoms with E-state index in [4.69, 9.17) is 37.4 Å². The van der Waals surface area contributed by atoms with Gasteiger partial charge in [0, 0.05) is 25.8 Å². The molecule has 1 aromatic rings. The van der Waals surface area contributed by atoms with Gasteiger partial charge in [-0.2, -0.15) is 0 Å². The molecule has 1 saturated carbocycles. The zero-order valence-electron chi connectivity index (χ0n) is 10.0. The van der Waals surface area contributed by atoms with Crippen LogP contribution in [0.3, 0.4) is 0 Å². The highest BCUT2D eigenvalue weighted by Gasteiger charge is 2.42. The first-order valence-electron chi connectivity index (χ1n) is 5.72. The summed E-state index contributed by atoms with van der Waals surface area (Å²) in [5.41, 5.74) is 0. The zero-order chi connectivity index (χ0) is 13.0. The van der Waals surface area contributed by atoms with Crippen LogP contribution in [-0.2, 0) is 9.47 Å². The average Bonchev–Trinajstić information content (AvgIpc) is 2.34. The Morgan fingerprint density at radius 1 is 1.39 bits per heavy atom. The lowest BCUT2D eigenvalue weighted by Gasteiger charge is -2.40. The predicted octanol–water partition coefficient (Wildman–Crippen LogP) is 2.53. The number of ether oxygens (including phenoxy) is 3. The molecule has 6 heteroatoms. The Balaban J connectivity index is 1.85. The van der Waals surface area contributed by atoms with Gasteiger partial charge in [-0.3, -0.25) is 4.98 Å². The lowest BCUT2D eigenvalue weighted by atomic mass is 9.91. The zero-order valence-corrected chi connectivity index (χ0v) is 11.5. The van der Waals surface area contributed by atoms with Crippen LogP contribution in [-0.4, -0.2) is 42.9 Å². The second-order valence-electron chi connectivity index (χ2n) is 4.08. The van der Waals surface area contributed by atoms with Crippen LogP contribution in [0.5, 0.6) is 5.75 Å². The lowest BCUT2D eigenvalue weighted by molar-refractivity contribution is -0.0899. The summed E-state index contributed by atoms with van der Waals surface area (Å²) in [5, 5.41) is 0.532. The Morgan fingerprint density at radius 3 is 2.89 bits per heavy atom. The summed E-state index contributed by atoms with van der Waals surface area (Å²) in [7, 11) is 1.63. The Bertz CT molecular complexity index is 391. The Morgan fingerprint density at radius 2 is 2.22 bits per heavy atom. The molecule has 4 nitrogen and oxygen atoms in total. The number of methoxy groups -OCH3 is 1. The number of rotatable bonds is 6. The van der Waals surface area contributed by atoms with Crippen LogP contribution in [0.2, 0.25) is 5.02 Å². The fraction of sp³-hybridized carbons (Fsp3) is 0.583. The van der Waals surface area contributed by atoms with Crippen LogP contribution in [0.1, 0.15) is 6.42 Å². The van der Waals surface area contributed by atoms with Gasteiger partial charge in [-0.1, -0.05) is 11.6 Å². The summed E-state index contributed by atoms with van der Waals surface area (Å²) < 4.78 is 16.3. The van der Waals surface area contributed by atoms with E-state index in [1.807, 2.05) is 0 Å². The van der Waals surface area contributed by atoms with Crippen molar-refractivity contribution in [2.75, 3.05) is 20.3 Å². The molecular formula is C12H15Cl2NO3. The second kappa shape index (κ2) is 6.57. The summed E-state index contributed by atoms with van der Waals surface area (Å²) in [6, 6.07) is 1.72. The lowest BCUT2D eigenvalue weighted by Crippen LogP contribution is -2.53. The molecule has 0 saturated heterocycles. The molecule has 0 aliphatic heterocycles. The number of halogens is 2. The van der Waals surface area contributed by atoms with Crippen molar-refractivity contribution in [3.8, 4) is 5.75 Å². The number of pyridine rings is 1. The highest BCUT2D eigenvalue weighted by molar-refractivity contribution is 6.30. The van der Waals surface area contributed by atoms with Crippen LogP contribution >= 0.6 is 23.2 Å². The molecule has 0 aromatic carbocycles.